The number of aromatic amines is 1. The number of nitrogens with zero attached hydrogens (tertiary/aromatic N) is 2. The Morgan fingerprint density at radius 1 is 1.19 bits per heavy atom. The second-order valence-electron chi connectivity index (χ2n) is 8.48. The maximum Gasteiger partial charge on any atom is 0.128 e. The summed E-state index contributed by atoms with van der Waals surface area (Å²) in [6.45, 7) is 2.26. The first-order chi connectivity index (χ1) is 15.2. The Balaban J connectivity index is 1.27. The lowest BCUT2D eigenvalue weighted by Gasteiger charge is -2.19. The molecule has 0 saturated carbocycles. The fraction of sp³-hybridized carbons (Fsp3) is 0.360. The number of aromatic nitrogens is 1. The molecule has 2 heterocycles. The molecule has 1 aliphatic heterocycles. The molecule has 2 atom stereocenters. The fourth-order valence-electron chi connectivity index (χ4n) is 4.49. The summed E-state index contributed by atoms with van der Waals surface area (Å²) in [7, 11) is 0. The van der Waals surface area contributed by atoms with Gasteiger partial charge in [-0.15, -0.1) is 0 Å². The minimum Gasteiger partial charge on any atom is -0.368 e. The van der Waals surface area contributed by atoms with Gasteiger partial charge in [0.05, 0.1) is 12.6 Å². The standard InChI is InChI=1S/C25H30N6/c26-15-22(27)16-3-7-20(8-4-16)30-21-9-5-17(6-10-21)23-13-18-1-2-19(14-24(18)31-23)25-28-11-12-29-25/h1-5,7,13-14,20,22,31H,6,8-12,15,26-27H2,(H,28,29). The van der Waals surface area contributed by atoms with Crippen molar-refractivity contribution < 1.29 is 0 Å². The maximum atomic E-state index is 6.02. The third-order valence-electron chi connectivity index (χ3n) is 6.32. The van der Waals surface area contributed by atoms with Crippen LogP contribution in [0, 0.1) is 0 Å². The molecule has 160 valence electrons. The first-order valence-corrected chi connectivity index (χ1v) is 11.2. The molecular formula is C25H30N6. The predicted molar refractivity (Wildman–Crippen MR) is 130 cm³/mol. The largest absolute Gasteiger partial charge is 0.368 e. The normalized spacial score (nSPS) is 23.5. The van der Waals surface area contributed by atoms with Crippen LogP contribution in [0.1, 0.15) is 36.9 Å². The van der Waals surface area contributed by atoms with Crippen LogP contribution in [-0.4, -0.2) is 48.2 Å². The van der Waals surface area contributed by atoms with Crippen molar-refractivity contribution in [2.75, 3.05) is 19.6 Å². The molecule has 31 heavy (non-hydrogen) atoms. The summed E-state index contributed by atoms with van der Waals surface area (Å²) in [5.74, 6) is 1.000. The second kappa shape index (κ2) is 8.65. The van der Waals surface area contributed by atoms with E-state index in [1.807, 2.05) is 0 Å². The van der Waals surface area contributed by atoms with Gasteiger partial charge < -0.3 is 21.8 Å². The Morgan fingerprint density at radius 2 is 2.13 bits per heavy atom. The number of benzene rings is 1. The van der Waals surface area contributed by atoms with E-state index in [9.17, 15) is 0 Å². The average Bonchev–Trinajstić information content (AvgIpc) is 3.49. The summed E-state index contributed by atoms with van der Waals surface area (Å²) in [6, 6.07) is 8.93. The molecule has 0 spiro atoms. The van der Waals surface area contributed by atoms with Crippen LogP contribution in [0.5, 0.6) is 0 Å². The van der Waals surface area contributed by atoms with E-state index >= 15 is 0 Å². The average molecular weight is 415 g/mol. The molecule has 3 aliphatic rings. The Morgan fingerprint density at radius 3 is 2.84 bits per heavy atom. The summed E-state index contributed by atoms with van der Waals surface area (Å²) in [4.78, 5) is 13.1. The molecule has 1 aromatic carbocycles. The van der Waals surface area contributed by atoms with Gasteiger partial charge in [-0.2, -0.15) is 0 Å². The van der Waals surface area contributed by atoms with Gasteiger partial charge in [0.1, 0.15) is 5.84 Å². The van der Waals surface area contributed by atoms with Crippen LogP contribution in [-0.2, 0) is 0 Å². The third-order valence-corrected chi connectivity index (χ3v) is 6.32. The van der Waals surface area contributed by atoms with Crippen molar-refractivity contribution in [3.05, 3.63) is 65.4 Å². The van der Waals surface area contributed by atoms with Crippen molar-refractivity contribution in [2.24, 2.45) is 21.5 Å². The van der Waals surface area contributed by atoms with Crippen LogP contribution < -0.4 is 16.8 Å². The number of aliphatic imine (C=N–C) groups is 2. The van der Waals surface area contributed by atoms with Crippen LogP contribution in [0.15, 0.2) is 64.1 Å². The van der Waals surface area contributed by atoms with Gasteiger partial charge >= 0.3 is 0 Å². The first kappa shape index (κ1) is 20.0. The van der Waals surface area contributed by atoms with E-state index in [0.717, 1.165) is 61.3 Å². The molecule has 0 fully saturated rings. The van der Waals surface area contributed by atoms with Crippen LogP contribution in [0.4, 0.5) is 0 Å². The topological polar surface area (TPSA) is 105 Å². The SMILES string of the molecule is NCC(N)C1=CCC(N=C2CC=C(c3cc4ccc(C5=NCCN5)cc4[nH]3)CC2)C=C1. The quantitative estimate of drug-likeness (QED) is 0.604. The van der Waals surface area contributed by atoms with Gasteiger partial charge in [-0.25, -0.2) is 0 Å². The van der Waals surface area contributed by atoms with E-state index in [1.165, 1.54) is 22.4 Å². The zero-order chi connectivity index (χ0) is 21.2. The minimum atomic E-state index is -0.0696. The van der Waals surface area contributed by atoms with E-state index in [2.05, 4.69) is 63.9 Å². The molecule has 6 heteroatoms. The number of nitrogens with one attached hydrogen (secondary N) is 2. The van der Waals surface area contributed by atoms with Crippen molar-refractivity contribution in [1.82, 2.24) is 10.3 Å². The molecule has 2 aromatic rings. The lowest BCUT2D eigenvalue weighted by Crippen LogP contribution is -2.31. The molecule has 0 bridgehead atoms. The van der Waals surface area contributed by atoms with Crippen LogP contribution in [0.3, 0.4) is 0 Å². The zero-order valence-corrected chi connectivity index (χ0v) is 17.8. The van der Waals surface area contributed by atoms with Crippen molar-refractivity contribution in [1.29, 1.82) is 0 Å². The number of H-pyrrole nitrogens is 1. The zero-order valence-electron chi connectivity index (χ0n) is 17.8. The van der Waals surface area contributed by atoms with Gasteiger partial charge in [0.25, 0.3) is 0 Å². The Hall–Kier alpha value is -2.96. The lowest BCUT2D eigenvalue weighted by atomic mass is 9.94. The number of amidine groups is 1. The van der Waals surface area contributed by atoms with Gasteiger partial charge in [0, 0.05) is 53.4 Å². The summed E-state index contributed by atoms with van der Waals surface area (Å²) in [6.07, 6.45) is 12.6. The second-order valence-corrected chi connectivity index (χ2v) is 8.48. The van der Waals surface area contributed by atoms with Crippen molar-refractivity contribution in [3.8, 4) is 0 Å². The van der Waals surface area contributed by atoms with Crippen molar-refractivity contribution in [3.63, 3.8) is 0 Å². The van der Waals surface area contributed by atoms with Gasteiger partial charge in [-0.05, 0) is 42.5 Å². The summed E-state index contributed by atoms with van der Waals surface area (Å²) < 4.78 is 0. The molecule has 5 rings (SSSR count). The number of hydrogen-bond acceptors (Lipinski definition) is 5. The Labute approximate surface area is 182 Å². The number of fused-ring (bicyclic) bond motifs is 1. The van der Waals surface area contributed by atoms with E-state index in [4.69, 9.17) is 16.5 Å². The molecule has 6 N–H and O–H groups in total. The number of hydrogen-bond donors (Lipinski definition) is 4. The number of nitrogens with two attached hydrogens (primary N) is 2. The fourth-order valence-corrected chi connectivity index (χ4v) is 4.49. The van der Waals surface area contributed by atoms with Crippen LogP contribution in [0.2, 0.25) is 0 Å². The van der Waals surface area contributed by atoms with Crippen molar-refractivity contribution in [2.45, 2.75) is 37.8 Å². The van der Waals surface area contributed by atoms with Gasteiger partial charge in [-0.3, -0.25) is 9.98 Å². The predicted octanol–water partition coefficient (Wildman–Crippen LogP) is 3.07. The van der Waals surface area contributed by atoms with Crippen molar-refractivity contribution >= 4 is 28.0 Å². The summed E-state index contributed by atoms with van der Waals surface area (Å²) in [5.41, 5.74) is 19.0. The highest BCUT2D eigenvalue weighted by molar-refractivity contribution is 6.02. The Bertz CT molecular complexity index is 1130. The molecule has 1 aromatic heterocycles. The van der Waals surface area contributed by atoms with Crippen LogP contribution >= 0.6 is 0 Å². The molecule has 2 unspecified atom stereocenters. The highest BCUT2D eigenvalue weighted by atomic mass is 15.1. The minimum absolute atomic E-state index is 0.0696. The van der Waals surface area contributed by atoms with E-state index < -0.39 is 0 Å². The van der Waals surface area contributed by atoms with Gasteiger partial charge in [0.2, 0.25) is 0 Å². The third kappa shape index (κ3) is 4.27. The molecular weight excluding hydrogens is 384 g/mol. The summed E-state index contributed by atoms with van der Waals surface area (Å²) in [5, 5.41) is 4.59. The monoisotopic (exact) mass is 414 g/mol. The molecule has 0 amide bonds. The molecule has 6 nitrogen and oxygen atoms in total. The smallest absolute Gasteiger partial charge is 0.128 e. The molecule has 2 aliphatic carbocycles. The van der Waals surface area contributed by atoms with E-state index in [-0.39, 0.29) is 12.1 Å². The first-order valence-electron chi connectivity index (χ1n) is 11.2. The number of allylic oxidation sites excluding steroid dienone is 2. The number of rotatable bonds is 5. The Kier molecular flexibility index (Phi) is 5.57. The maximum absolute atomic E-state index is 6.02. The van der Waals surface area contributed by atoms with Gasteiger partial charge in [-0.1, -0.05) is 36.4 Å². The van der Waals surface area contributed by atoms with E-state index in [0.29, 0.717) is 6.54 Å². The molecule has 0 radical (unpaired) electrons. The molecule has 0 saturated heterocycles. The van der Waals surface area contributed by atoms with E-state index in [1.54, 1.807) is 0 Å². The van der Waals surface area contributed by atoms with Crippen LogP contribution in [0.25, 0.3) is 16.5 Å². The summed E-state index contributed by atoms with van der Waals surface area (Å²) >= 11 is 0. The highest BCUT2D eigenvalue weighted by Gasteiger charge is 2.16. The lowest BCUT2D eigenvalue weighted by molar-refractivity contribution is 0.751. The highest BCUT2D eigenvalue weighted by Crippen LogP contribution is 2.29. The van der Waals surface area contributed by atoms with Gasteiger partial charge in [0.15, 0.2) is 0 Å².